The van der Waals surface area contributed by atoms with Gasteiger partial charge < -0.3 is 9.67 Å². The molecule has 0 amide bonds. The molecule has 0 aliphatic heterocycles. The van der Waals surface area contributed by atoms with Crippen LogP contribution in [0, 0.1) is 12.8 Å². The van der Waals surface area contributed by atoms with Gasteiger partial charge in [-0.05, 0) is 30.9 Å². The molecular formula is C15H19NO2. The van der Waals surface area contributed by atoms with Crippen molar-refractivity contribution in [2.45, 2.75) is 33.2 Å². The average Bonchev–Trinajstić information content (AvgIpc) is 2.64. The second-order valence-corrected chi connectivity index (χ2v) is 5.22. The Bertz CT molecular complexity index is 569. The first-order chi connectivity index (χ1) is 8.50. The van der Waals surface area contributed by atoms with Crippen LogP contribution in [0.15, 0.2) is 30.5 Å². The zero-order chi connectivity index (χ0) is 13.3. The van der Waals surface area contributed by atoms with Crippen molar-refractivity contribution >= 4 is 16.9 Å². The summed E-state index contributed by atoms with van der Waals surface area (Å²) in [5, 5.41) is 10.6. The number of benzene rings is 1. The van der Waals surface area contributed by atoms with Gasteiger partial charge in [-0.25, -0.2) is 4.79 Å². The van der Waals surface area contributed by atoms with Crippen LogP contribution < -0.4 is 0 Å². The molecule has 0 spiro atoms. The third-order valence-electron chi connectivity index (χ3n) is 3.26. The van der Waals surface area contributed by atoms with Crippen LogP contribution in [0.1, 0.15) is 31.9 Å². The summed E-state index contributed by atoms with van der Waals surface area (Å²) in [5.74, 6) is -0.406. The highest BCUT2D eigenvalue weighted by atomic mass is 16.4. The number of aryl methyl sites for hydroxylation is 1. The number of nitrogens with zero attached hydrogens (tertiary/aromatic N) is 1. The van der Waals surface area contributed by atoms with Crippen LogP contribution in [0.3, 0.4) is 0 Å². The van der Waals surface area contributed by atoms with Crippen LogP contribution in [0.5, 0.6) is 0 Å². The van der Waals surface area contributed by atoms with E-state index in [1.165, 1.54) is 0 Å². The summed E-state index contributed by atoms with van der Waals surface area (Å²) < 4.78 is 1.90. The van der Waals surface area contributed by atoms with Gasteiger partial charge in [0.1, 0.15) is 6.04 Å². The normalized spacial score (nSPS) is 13.1. The van der Waals surface area contributed by atoms with Crippen molar-refractivity contribution < 1.29 is 9.90 Å². The molecule has 3 nitrogen and oxygen atoms in total. The van der Waals surface area contributed by atoms with E-state index in [1.54, 1.807) is 0 Å². The van der Waals surface area contributed by atoms with E-state index < -0.39 is 12.0 Å². The molecule has 0 saturated heterocycles. The largest absolute Gasteiger partial charge is 0.480 e. The molecule has 1 heterocycles. The number of carbonyl (C=O) groups is 1. The summed E-state index contributed by atoms with van der Waals surface area (Å²) in [5.41, 5.74) is 2.13. The number of rotatable bonds is 4. The zero-order valence-corrected chi connectivity index (χ0v) is 11.1. The molecule has 1 aromatic heterocycles. The van der Waals surface area contributed by atoms with Gasteiger partial charge >= 0.3 is 5.97 Å². The van der Waals surface area contributed by atoms with Gasteiger partial charge in [0, 0.05) is 17.1 Å². The third kappa shape index (κ3) is 2.26. The summed E-state index contributed by atoms with van der Waals surface area (Å²) in [6.07, 6.45) is 2.60. The van der Waals surface area contributed by atoms with E-state index in [9.17, 15) is 9.90 Å². The molecule has 96 valence electrons. The Morgan fingerprint density at radius 1 is 1.33 bits per heavy atom. The summed E-state index contributed by atoms with van der Waals surface area (Å²) in [4.78, 5) is 11.5. The lowest BCUT2D eigenvalue weighted by Crippen LogP contribution is -2.20. The van der Waals surface area contributed by atoms with E-state index in [0.717, 1.165) is 16.5 Å². The van der Waals surface area contributed by atoms with E-state index in [2.05, 4.69) is 13.8 Å². The van der Waals surface area contributed by atoms with E-state index >= 15 is 0 Å². The van der Waals surface area contributed by atoms with Crippen molar-refractivity contribution in [1.29, 1.82) is 0 Å². The summed E-state index contributed by atoms with van der Waals surface area (Å²) in [6, 6.07) is 7.47. The fourth-order valence-corrected chi connectivity index (χ4v) is 2.42. The van der Waals surface area contributed by atoms with Crippen LogP contribution in [-0.2, 0) is 4.79 Å². The molecule has 18 heavy (non-hydrogen) atoms. The van der Waals surface area contributed by atoms with E-state index in [-0.39, 0.29) is 0 Å². The number of hydrogen-bond acceptors (Lipinski definition) is 1. The highest BCUT2D eigenvalue weighted by molar-refractivity contribution is 5.86. The van der Waals surface area contributed by atoms with E-state index in [1.807, 2.05) is 42.0 Å². The molecule has 3 heteroatoms. The molecule has 2 aromatic rings. The second-order valence-electron chi connectivity index (χ2n) is 5.22. The first-order valence-electron chi connectivity index (χ1n) is 6.29. The van der Waals surface area contributed by atoms with Crippen LogP contribution in [-0.4, -0.2) is 15.6 Å². The summed E-state index contributed by atoms with van der Waals surface area (Å²) >= 11 is 0. The third-order valence-corrected chi connectivity index (χ3v) is 3.26. The van der Waals surface area contributed by atoms with E-state index in [4.69, 9.17) is 0 Å². The van der Waals surface area contributed by atoms with Gasteiger partial charge in [-0.1, -0.05) is 32.0 Å². The van der Waals surface area contributed by atoms with Gasteiger partial charge in [-0.3, -0.25) is 0 Å². The minimum atomic E-state index is -0.760. The van der Waals surface area contributed by atoms with Crippen molar-refractivity contribution in [3.05, 3.63) is 36.0 Å². The van der Waals surface area contributed by atoms with Gasteiger partial charge in [0.05, 0.1) is 0 Å². The maximum absolute atomic E-state index is 11.5. The number of carboxylic acids is 1. The molecule has 1 unspecified atom stereocenters. The van der Waals surface area contributed by atoms with Crippen LogP contribution in [0.4, 0.5) is 0 Å². The lowest BCUT2D eigenvalue weighted by Gasteiger charge is -2.17. The first kappa shape index (κ1) is 12.7. The van der Waals surface area contributed by atoms with Crippen molar-refractivity contribution in [2.24, 2.45) is 5.92 Å². The Kier molecular flexibility index (Phi) is 3.41. The highest BCUT2D eigenvalue weighted by Crippen LogP contribution is 2.27. The molecule has 2 rings (SSSR count). The standard InChI is InChI=1S/C15H19NO2/c1-10(2)8-14(15(17)18)16-9-11(3)12-6-4-5-7-13(12)16/h4-7,9-10,14H,8H2,1-3H3,(H,17,18). The fraction of sp³-hybridized carbons (Fsp3) is 0.400. The summed E-state index contributed by atoms with van der Waals surface area (Å²) in [6.45, 7) is 6.12. The lowest BCUT2D eigenvalue weighted by molar-refractivity contribution is -0.141. The van der Waals surface area contributed by atoms with Crippen LogP contribution in [0.25, 0.3) is 10.9 Å². The molecule has 1 atom stereocenters. The minimum absolute atomic E-state index is 0.354. The highest BCUT2D eigenvalue weighted by Gasteiger charge is 2.22. The number of aromatic nitrogens is 1. The first-order valence-corrected chi connectivity index (χ1v) is 6.29. The predicted octanol–water partition coefficient (Wildman–Crippen LogP) is 3.62. The topological polar surface area (TPSA) is 42.2 Å². The quantitative estimate of drug-likeness (QED) is 0.893. The Morgan fingerprint density at radius 2 is 2.00 bits per heavy atom. The molecule has 0 saturated carbocycles. The van der Waals surface area contributed by atoms with Gasteiger partial charge in [0.25, 0.3) is 0 Å². The number of aliphatic carboxylic acids is 1. The van der Waals surface area contributed by atoms with Gasteiger partial charge in [-0.15, -0.1) is 0 Å². The maximum Gasteiger partial charge on any atom is 0.326 e. The van der Waals surface area contributed by atoms with Crippen LogP contribution >= 0.6 is 0 Å². The Balaban J connectivity index is 2.54. The number of para-hydroxylation sites is 1. The monoisotopic (exact) mass is 245 g/mol. The van der Waals surface area contributed by atoms with E-state index in [0.29, 0.717) is 12.3 Å². The van der Waals surface area contributed by atoms with Gasteiger partial charge in [-0.2, -0.15) is 0 Å². The van der Waals surface area contributed by atoms with Gasteiger partial charge in [0.2, 0.25) is 0 Å². The maximum atomic E-state index is 11.5. The Morgan fingerprint density at radius 3 is 2.61 bits per heavy atom. The molecule has 0 aliphatic rings. The fourth-order valence-electron chi connectivity index (χ4n) is 2.42. The number of hydrogen-bond donors (Lipinski definition) is 1. The molecule has 0 aliphatic carbocycles. The molecule has 1 N–H and O–H groups in total. The average molecular weight is 245 g/mol. The minimum Gasteiger partial charge on any atom is -0.480 e. The molecule has 0 bridgehead atoms. The number of fused-ring (bicyclic) bond motifs is 1. The second kappa shape index (κ2) is 4.84. The van der Waals surface area contributed by atoms with Crippen molar-refractivity contribution in [3.8, 4) is 0 Å². The molecular weight excluding hydrogens is 226 g/mol. The summed E-state index contributed by atoms with van der Waals surface area (Å²) in [7, 11) is 0. The van der Waals surface area contributed by atoms with Crippen LogP contribution in [0.2, 0.25) is 0 Å². The predicted molar refractivity (Wildman–Crippen MR) is 72.8 cm³/mol. The van der Waals surface area contributed by atoms with Gasteiger partial charge in [0.15, 0.2) is 0 Å². The van der Waals surface area contributed by atoms with Crippen molar-refractivity contribution in [1.82, 2.24) is 4.57 Å². The van der Waals surface area contributed by atoms with Crippen molar-refractivity contribution in [2.75, 3.05) is 0 Å². The zero-order valence-electron chi connectivity index (χ0n) is 11.1. The lowest BCUT2D eigenvalue weighted by atomic mass is 10.0. The smallest absolute Gasteiger partial charge is 0.326 e. The number of carboxylic acid groups (broad SMARTS) is 1. The molecule has 0 fully saturated rings. The SMILES string of the molecule is Cc1cn(C(CC(C)C)C(=O)O)c2ccccc12. The Labute approximate surface area is 107 Å². The molecule has 0 radical (unpaired) electrons. The van der Waals surface area contributed by atoms with Crippen molar-refractivity contribution in [3.63, 3.8) is 0 Å². The Hall–Kier alpha value is -1.77. The molecule has 1 aromatic carbocycles.